The summed E-state index contributed by atoms with van der Waals surface area (Å²) in [5, 5.41) is 0.603. The highest BCUT2D eigenvalue weighted by Gasteiger charge is 2.04. The zero-order valence-electron chi connectivity index (χ0n) is 10.3. The van der Waals surface area contributed by atoms with E-state index in [1.807, 2.05) is 30.3 Å². The van der Waals surface area contributed by atoms with E-state index in [4.69, 9.17) is 22.1 Å². The molecule has 0 aliphatic rings. The Morgan fingerprint density at radius 3 is 2.61 bits per heavy atom. The van der Waals surface area contributed by atoms with Crippen LogP contribution in [-0.4, -0.2) is 0 Å². The molecular formula is C15H16ClNO. The van der Waals surface area contributed by atoms with E-state index < -0.39 is 0 Å². The van der Waals surface area contributed by atoms with E-state index in [0.29, 0.717) is 23.9 Å². The summed E-state index contributed by atoms with van der Waals surface area (Å²) in [5.74, 6) is 0.692. The third kappa shape index (κ3) is 3.03. The summed E-state index contributed by atoms with van der Waals surface area (Å²) in [6, 6.07) is 13.8. The van der Waals surface area contributed by atoms with Gasteiger partial charge in [0.2, 0.25) is 0 Å². The second-order valence-electron chi connectivity index (χ2n) is 4.18. The molecule has 0 spiro atoms. The first-order chi connectivity index (χ1) is 8.70. The van der Waals surface area contributed by atoms with Crippen molar-refractivity contribution in [1.82, 2.24) is 0 Å². The Morgan fingerprint density at radius 2 is 1.94 bits per heavy atom. The van der Waals surface area contributed by atoms with Gasteiger partial charge in [0.25, 0.3) is 0 Å². The van der Waals surface area contributed by atoms with Crippen molar-refractivity contribution in [3.05, 3.63) is 64.2 Å². The predicted octanol–water partition coefficient (Wildman–Crippen LogP) is 3.69. The van der Waals surface area contributed by atoms with Gasteiger partial charge in [-0.1, -0.05) is 41.9 Å². The molecule has 0 fully saturated rings. The van der Waals surface area contributed by atoms with E-state index in [1.54, 1.807) is 0 Å². The number of hydrogen-bond donors (Lipinski definition) is 1. The average molecular weight is 262 g/mol. The lowest BCUT2D eigenvalue weighted by Crippen LogP contribution is -2.00. The molecule has 0 radical (unpaired) electrons. The Balaban J connectivity index is 2.09. The number of benzene rings is 2. The monoisotopic (exact) mass is 261 g/mol. The quantitative estimate of drug-likeness (QED) is 0.911. The second-order valence-corrected chi connectivity index (χ2v) is 4.59. The molecule has 0 bridgehead atoms. The van der Waals surface area contributed by atoms with Gasteiger partial charge in [-0.15, -0.1) is 0 Å². The normalized spacial score (nSPS) is 10.4. The first-order valence-corrected chi connectivity index (χ1v) is 6.24. The number of hydrogen-bond acceptors (Lipinski definition) is 2. The van der Waals surface area contributed by atoms with Crippen molar-refractivity contribution >= 4 is 11.6 Å². The van der Waals surface area contributed by atoms with Crippen LogP contribution in [0.25, 0.3) is 0 Å². The molecule has 2 aromatic carbocycles. The highest BCUT2D eigenvalue weighted by atomic mass is 35.5. The fourth-order valence-corrected chi connectivity index (χ4v) is 1.97. The van der Waals surface area contributed by atoms with Crippen LogP contribution in [0, 0.1) is 6.92 Å². The zero-order valence-corrected chi connectivity index (χ0v) is 11.1. The van der Waals surface area contributed by atoms with E-state index >= 15 is 0 Å². The van der Waals surface area contributed by atoms with Gasteiger partial charge >= 0.3 is 0 Å². The van der Waals surface area contributed by atoms with Crippen LogP contribution in [0.15, 0.2) is 42.5 Å². The Bertz CT molecular complexity index is 540. The molecule has 0 atom stereocenters. The SMILES string of the molecule is Cc1ccccc1COc1ccc(CN)cc1Cl. The van der Waals surface area contributed by atoms with E-state index in [2.05, 4.69) is 19.1 Å². The molecule has 0 unspecified atom stereocenters. The second kappa shape index (κ2) is 5.89. The molecule has 2 nitrogen and oxygen atoms in total. The standard InChI is InChI=1S/C15H16ClNO/c1-11-4-2-3-5-13(11)10-18-15-7-6-12(9-17)8-14(15)16/h2-8H,9-10,17H2,1H3. The fourth-order valence-electron chi connectivity index (χ4n) is 1.72. The first kappa shape index (κ1) is 12.9. The predicted molar refractivity (Wildman–Crippen MR) is 74.9 cm³/mol. The van der Waals surface area contributed by atoms with Crippen LogP contribution in [0.2, 0.25) is 5.02 Å². The lowest BCUT2D eigenvalue weighted by molar-refractivity contribution is 0.305. The van der Waals surface area contributed by atoms with Crippen LogP contribution in [0.4, 0.5) is 0 Å². The van der Waals surface area contributed by atoms with Crippen LogP contribution >= 0.6 is 11.6 Å². The first-order valence-electron chi connectivity index (χ1n) is 5.86. The van der Waals surface area contributed by atoms with Gasteiger partial charge in [0, 0.05) is 6.54 Å². The van der Waals surface area contributed by atoms with E-state index in [0.717, 1.165) is 11.1 Å². The van der Waals surface area contributed by atoms with Gasteiger partial charge in [-0.05, 0) is 35.7 Å². The van der Waals surface area contributed by atoms with Gasteiger partial charge in [-0.25, -0.2) is 0 Å². The molecule has 0 aliphatic carbocycles. The summed E-state index contributed by atoms with van der Waals surface area (Å²) < 4.78 is 5.73. The Kier molecular flexibility index (Phi) is 4.24. The number of ether oxygens (including phenoxy) is 1. The highest BCUT2D eigenvalue weighted by Crippen LogP contribution is 2.26. The molecule has 0 amide bonds. The Hall–Kier alpha value is -1.51. The third-order valence-corrected chi connectivity index (χ3v) is 3.17. The van der Waals surface area contributed by atoms with Crippen molar-refractivity contribution in [2.75, 3.05) is 0 Å². The molecule has 0 saturated heterocycles. The summed E-state index contributed by atoms with van der Waals surface area (Å²) in [5.41, 5.74) is 8.94. The third-order valence-electron chi connectivity index (χ3n) is 2.88. The lowest BCUT2D eigenvalue weighted by Gasteiger charge is -2.10. The minimum absolute atomic E-state index is 0.484. The van der Waals surface area contributed by atoms with Crippen molar-refractivity contribution in [3.63, 3.8) is 0 Å². The topological polar surface area (TPSA) is 35.2 Å². The van der Waals surface area contributed by atoms with Crippen LogP contribution in [0.3, 0.4) is 0 Å². The summed E-state index contributed by atoms with van der Waals surface area (Å²) in [7, 11) is 0. The maximum absolute atomic E-state index is 6.13. The Morgan fingerprint density at radius 1 is 1.17 bits per heavy atom. The zero-order chi connectivity index (χ0) is 13.0. The van der Waals surface area contributed by atoms with Crippen LogP contribution in [0.5, 0.6) is 5.75 Å². The maximum Gasteiger partial charge on any atom is 0.138 e. The summed E-state index contributed by atoms with van der Waals surface area (Å²) >= 11 is 6.13. The molecule has 0 saturated carbocycles. The van der Waals surface area contributed by atoms with Gasteiger partial charge in [0.15, 0.2) is 0 Å². The minimum Gasteiger partial charge on any atom is -0.487 e. The molecular weight excluding hydrogens is 246 g/mol. The number of nitrogens with two attached hydrogens (primary N) is 1. The molecule has 2 aromatic rings. The molecule has 0 heterocycles. The van der Waals surface area contributed by atoms with Gasteiger partial charge in [0.05, 0.1) is 5.02 Å². The molecule has 2 N–H and O–H groups in total. The summed E-state index contributed by atoms with van der Waals surface area (Å²) in [6.45, 7) is 3.07. The molecule has 94 valence electrons. The fraction of sp³-hybridized carbons (Fsp3) is 0.200. The molecule has 3 heteroatoms. The van der Waals surface area contributed by atoms with Crippen molar-refractivity contribution < 1.29 is 4.74 Å². The van der Waals surface area contributed by atoms with E-state index in [9.17, 15) is 0 Å². The largest absolute Gasteiger partial charge is 0.487 e. The molecule has 0 aromatic heterocycles. The lowest BCUT2D eigenvalue weighted by atomic mass is 10.1. The molecule has 0 aliphatic heterocycles. The Labute approximate surface area is 112 Å². The van der Waals surface area contributed by atoms with E-state index in [1.165, 1.54) is 5.56 Å². The smallest absolute Gasteiger partial charge is 0.138 e. The van der Waals surface area contributed by atoms with Gasteiger partial charge in [0.1, 0.15) is 12.4 Å². The number of halogens is 1. The van der Waals surface area contributed by atoms with Crippen molar-refractivity contribution in [3.8, 4) is 5.75 Å². The highest BCUT2D eigenvalue weighted by molar-refractivity contribution is 6.32. The number of aryl methyl sites for hydroxylation is 1. The van der Waals surface area contributed by atoms with Crippen molar-refractivity contribution in [2.24, 2.45) is 5.73 Å². The van der Waals surface area contributed by atoms with Gasteiger partial charge in [-0.3, -0.25) is 0 Å². The minimum atomic E-state index is 0.484. The van der Waals surface area contributed by atoms with Crippen LogP contribution < -0.4 is 10.5 Å². The van der Waals surface area contributed by atoms with Gasteiger partial charge in [-0.2, -0.15) is 0 Å². The van der Waals surface area contributed by atoms with Crippen LogP contribution in [-0.2, 0) is 13.2 Å². The summed E-state index contributed by atoms with van der Waals surface area (Å²) in [4.78, 5) is 0. The average Bonchev–Trinajstić information content (AvgIpc) is 2.39. The number of rotatable bonds is 4. The molecule has 2 rings (SSSR count). The molecule has 18 heavy (non-hydrogen) atoms. The maximum atomic E-state index is 6.13. The summed E-state index contributed by atoms with van der Waals surface area (Å²) in [6.07, 6.45) is 0. The van der Waals surface area contributed by atoms with Crippen LogP contribution in [0.1, 0.15) is 16.7 Å². The van der Waals surface area contributed by atoms with Crippen molar-refractivity contribution in [2.45, 2.75) is 20.1 Å². The van der Waals surface area contributed by atoms with Crippen molar-refractivity contribution in [1.29, 1.82) is 0 Å². The van der Waals surface area contributed by atoms with Gasteiger partial charge < -0.3 is 10.5 Å². The van der Waals surface area contributed by atoms with E-state index in [-0.39, 0.29) is 0 Å².